The number of rotatable bonds is 7. The monoisotopic (exact) mass is 456 g/mol. The summed E-state index contributed by atoms with van der Waals surface area (Å²) in [6.45, 7) is 9.28. The van der Waals surface area contributed by atoms with Crippen molar-refractivity contribution in [2.75, 3.05) is 0 Å². The highest BCUT2D eigenvalue weighted by Crippen LogP contribution is 2.19. The van der Waals surface area contributed by atoms with E-state index in [0.29, 0.717) is 18.8 Å². The fraction of sp³-hybridized carbons (Fsp3) is 0.214. The van der Waals surface area contributed by atoms with E-state index < -0.39 is 0 Å². The average Bonchev–Trinajstić information content (AvgIpc) is 3.36. The van der Waals surface area contributed by atoms with Crippen molar-refractivity contribution < 1.29 is 0 Å². The first-order valence-corrected chi connectivity index (χ1v) is 11.7. The zero-order valence-electron chi connectivity index (χ0n) is 20.6. The van der Waals surface area contributed by atoms with Gasteiger partial charge in [0.25, 0.3) is 0 Å². The van der Waals surface area contributed by atoms with E-state index in [-0.39, 0.29) is 0 Å². The predicted octanol–water partition coefficient (Wildman–Crippen LogP) is 5.68. The molecule has 3 aromatic carbocycles. The lowest BCUT2D eigenvalue weighted by Crippen LogP contribution is -2.25. The van der Waals surface area contributed by atoms with Gasteiger partial charge in [-0.05, 0) is 16.7 Å². The number of hydrogen-bond donors (Lipinski definition) is 2. The number of hydrogen-bond acceptors (Lipinski definition) is 5. The Kier molecular flexibility index (Phi) is 11.1. The third kappa shape index (κ3) is 7.90. The molecule has 4 aromatic rings. The molecular weight excluding hydrogens is 420 g/mol. The van der Waals surface area contributed by atoms with Crippen LogP contribution in [-0.2, 0) is 13.1 Å². The molecule has 4 N–H and O–H groups in total. The fourth-order valence-corrected chi connectivity index (χ4v) is 3.20. The first kappa shape index (κ1) is 26.4. The van der Waals surface area contributed by atoms with E-state index in [1.54, 1.807) is 11.2 Å². The molecule has 1 heterocycles. The molecule has 4 rings (SSSR count). The van der Waals surface area contributed by atoms with Crippen LogP contribution in [0.25, 0.3) is 17.0 Å². The maximum absolute atomic E-state index is 6.24. The molecule has 178 valence electrons. The molecular formula is C28H36N6. The van der Waals surface area contributed by atoms with Gasteiger partial charge in [-0.3, -0.25) is 0 Å². The van der Waals surface area contributed by atoms with Crippen LogP contribution in [0.1, 0.15) is 44.4 Å². The Hall–Kier alpha value is -3.90. The van der Waals surface area contributed by atoms with E-state index in [1.807, 2.05) is 111 Å². The van der Waals surface area contributed by atoms with Gasteiger partial charge in [0, 0.05) is 11.8 Å². The lowest BCUT2D eigenvalue weighted by atomic mass is 10.1. The lowest BCUT2D eigenvalue weighted by molar-refractivity contribution is 0.388. The molecule has 0 radical (unpaired) electrons. The SMILES string of the molecule is CC.CC.N/C(=C\N(N)Cc1ccccc1)c1ccc(-c2cn(Cc3ccccc3)nn2)cc1. The van der Waals surface area contributed by atoms with Gasteiger partial charge < -0.3 is 10.7 Å². The van der Waals surface area contributed by atoms with Crippen molar-refractivity contribution in [3.63, 3.8) is 0 Å². The molecule has 1 aromatic heterocycles. The van der Waals surface area contributed by atoms with Crippen molar-refractivity contribution >= 4 is 5.70 Å². The van der Waals surface area contributed by atoms with Crippen LogP contribution < -0.4 is 11.6 Å². The van der Waals surface area contributed by atoms with E-state index in [2.05, 4.69) is 22.4 Å². The van der Waals surface area contributed by atoms with Gasteiger partial charge in [0.1, 0.15) is 5.69 Å². The third-order valence-corrected chi connectivity index (χ3v) is 4.75. The molecule has 0 aliphatic carbocycles. The highest BCUT2D eigenvalue weighted by molar-refractivity contribution is 5.66. The minimum atomic E-state index is 0.587. The first-order valence-electron chi connectivity index (χ1n) is 11.7. The largest absolute Gasteiger partial charge is 0.397 e. The number of aromatic nitrogens is 3. The molecule has 0 saturated heterocycles. The van der Waals surface area contributed by atoms with Crippen LogP contribution in [-0.4, -0.2) is 20.0 Å². The van der Waals surface area contributed by atoms with Gasteiger partial charge in [-0.1, -0.05) is 118 Å². The van der Waals surface area contributed by atoms with E-state index in [4.69, 9.17) is 11.6 Å². The van der Waals surface area contributed by atoms with Crippen LogP contribution in [0.2, 0.25) is 0 Å². The summed E-state index contributed by atoms with van der Waals surface area (Å²) in [7, 11) is 0. The molecule has 0 bridgehead atoms. The molecule has 0 atom stereocenters. The smallest absolute Gasteiger partial charge is 0.113 e. The summed E-state index contributed by atoms with van der Waals surface area (Å²) in [6, 6.07) is 28.1. The summed E-state index contributed by atoms with van der Waals surface area (Å²) in [5, 5.41) is 10.1. The maximum Gasteiger partial charge on any atom is 0.113 e. The Morgan fingerprint density at radius 2 is 1.38 bits per heavy atom. The number of benzene rings is 3. The van der Waals surface area contributed by atoms with Crippen molar-refractivity contribution in [3.8, 4) is 11.3 Å². The maximum atomic E-state index is 6.24. The molecule has 0 spiro atoms. The summed E-state index contributed by atoms with van der Waals surface area (Å²) < 4.78 is 1.84. The Morgan fingerprint density at radius 1 is 0.824 bits per heavy atom. The van der Waals surface area contributed by atoms with Crippen LogP contribution in [0.5, 0.6) is 0 Å². The second kappa shape index (κ2) is 14.3. The van der Waals surface area contributed by atoms with Gasteiger partial charge in [-0.25, -0.2) is 10.5 Å². The molecule has 6 heteroatoms. The fourth-order valence-electron chi connectivity index (χ4n) is 3.20. The minimum absolute atomic E-state index is 0.587. The van der Waals surface area contributed by atoms with Crippen LogP contribution in [0.3, 0.4) is 0 Å². The van der Waals surface area contributed by atoms with Crippen molar-refractivity contribution in [1.82, 2.24) is 20.0 Å². The van der Waals surface area contributed by atoms with Gasteiger partial charge >= 0.3 is 0 Å². The quantitative estimate of drug-likeness (QED) is 0.276. The van der Waals surface area contributed by atoms with Gasteiger partial charge in [-0.15, -0.1) is 5.10 Å². The summed E-state index contributed by atoms with van der Waals surface area (Å²) >= 11 is 0. The van der Waals surface area contributed by atoms with Crippen LogP contribution in [0.15, 0.2) is 97.3 Å². The van der Waals surface area contributed by atoms with Crippen molar-refractivity contribution in [3.05, 3.63) is 114 Å². The van der Waals surface area contributed by atoms with Crippen molar-refractivity contribution in [2.24, 2.45) is 11.6 Å². The van der Waals surface area contributed by atoms with Gasteiger partial charge in [0.2, 0.25) is 0 Å². The minimum Gasteiger partial charge on any atom is -0.397 e. The molecule has 0 amide bonds. The number of nitrogens with zero attached hydrogens (tertiary/aromatic N) is 4. The Bertz CT molecular complexity index is 1100. The van der Waals surface area contributed by atoms with Gasteiger partial charge in [-0.2, -0.15) is 0 Å². The van der Waals surface area contributed by atoms with Crippen LogP contribution >= 0.6 is 0 Å². The lowest BCUT2D eigenvalue weighted by Gasteiger charge is -2.15. The molecule has 0 unspecified atom stereocenters. The predicted molar refractivity (Wildman–Crippen MR) is 142 cm³/mol. The van der Waals surface area contributed by atoms with E-state index in [0.717, 1.165) is 22.4 Å². The Balaban J connectivity index is 0.000000970. The molecule has 6 nitrogen and oxygen atoms in total. The number of hydrazine groups is 1. The summed E-state index contributed by atoms with van der Waals surface area (Å²) in [5.41, 5.74) is 11.9. The van der Waals surface area contributed by atoms with E-state index >= 15 is 0 Å². The Labute approximate surface area is 203 Å². The van der Waals surface area contributed by atoms with Gasteiger partial charge in [0.15, 0.2) is 0 Å². The topological polar surface area (TPSA) is 86.0 Å². The first-order chi connectivity index (χ1) is 16.7. The second-order valence-corrected chi connectivity index (χ2v) is 7.11. The molecule has 0 aliphatic heterocycles. The van der Waals surface area contributed by atoms with Gasteiger partial charge in [0.05, 0.1) is 25.0 Å². The zero-order chi connectivity index (χ0) is 24.8. The summed E-state index contributed by atoms with van der Waals surface area (Å²) in [4.78, 5) is 0. The molecule has 34 heavy (non-hydrogen) atoms. The third-order valence-electron chi connectivity index (χ3n) is 4.75. The van der Waals surface area contributed by atoms with Crippen molar-refractivity contribution in [2.45, 2.75) is 40.8 Å². The average molecular weight is 457 g/mol. The highest BCUT2D eigenvalue weighted by atomic mass is 15.4. The standard InChI is InChI=1S/C24H24N6.2C2H6/c25-23(17-29(26)15-19-7-3-1-4-8-19)21-11-13-22(14-12-21)24-18-30(28-27-24)16-20-9-5-2-6-10-20;2*1-2/h1-14,17-18H,15-16,25-26H2;2*1-2H3/b23-17-;;. The van der Waals surface area contributed by atoms with Crippen LogP contribution in [0.4, 0.5) is 0 Å². The normalized spacial score (nSPS) is 10.4. The van der Waals surface area contributed by atoms with E-state index in [9.17, 15) is 0 Å². The van der Waals surface area contributed by atoms with E-state index in [1.165, 1.54) is 5.56 Å². The molecule has 0 saturated carbocycles. The molecule has 0 fully saturated rings. The Morgan fingerprint density at radius 3 is 1.97 bits per heavy atom. The molecule has 0 aliphatic rings. The van der Waals surface area contributed by atoms with Crippen molar-refractivity contribution in [1.29, 1.82) is 0 Å². The number of nitrogens with two attached hydrogens (primary N) is 2. The van der Waals surface area contributed by atoms with Crippen LogP contribution in [0, 0.1) is 0 Å². The summed E-state index contributed by atoms with van der Waals surface area (Å²) in [5.74, 6) is 6.09. The summed E-state index contributed by atoms with van der Waals surface area (Å²) in [6.07, 6.45) is 3.70. The zero-order valence-corrected chi connectivity index (χ0v) is 20.6. The highest BCUT2D eigenvalue weighted by Gasteiger charge is 2.06. The second-order valence-electron chi connectivity index (χ2n) is 7.11.